The summed E-state index contributed by atoms with van der Waals surface area (Å²) in [4.78, 5) is 3.28. The fourth-order valence-electron chi connectivity index (χ4n) is 1.80. The molecule has 2 nitrogen and oxygen atoms in total. The zero-order valence-electron chi connectivity index (χ0n) is 8.54. The average Bonchev–Trinajstić information content (AvgIpc) is 2.42. The van der Waals surface area contributed by atoms with Crippen LogP contribution in [0.4, 0.5) is 0 Å². The number of aliphatic hydroxyl groups is 1. The van der Waals surface area contributed by atoms with Gasteiger partial charge in [0.1, 0.15) is 0 Å². The Kier molecular flexibility index (Phi) is 2.30. The van der Waals surface area contributed by atoms with Gasteiger partial charge >= 0.3 is 0 Å². The predicted molar refractivity (Wildman–Crippen MR) is 58.4 cm³/mol. The first-order valence-corrected chi connectivity index (χ1v) is 4.91. The van der Waals surface area contributed by atoms with E-state index in [0.29, 0.717) is 0 Å². The van der Waals surface area contributed by atoms with Crippen LogP contribution in [0.1, 0.15) is 18.2 Å². The minimum absolute atomic E-state index is 0.271. The summed E-state index contributed by atoms with van der Waals surface area (Å²) in [6, 6.07) is 8.39. The molecular weight excluding hydrogens is 174 g/mol. The van der Waals surface area contributed by atoms with Gasteiger partial charge in [0.25, 0.3) is 0 Å². The van der Waals surface area contributed by atoms with Crippen molar-refractivity contribution in [3.05, 3.63) is 35.5 Å². The minimum atomic E-state index is -0.271. The molecule has 2 N–H and O–H groups in total. The Bertz CT molecular complexity index is 443. The molecule has 0 aliphatic rings. The molecule has 1 aromatic carbocycles. The van der Waals surface area contributed by atoms with Crippen molar-refractivity contribution in [2.75, 3.05) is 0 Å². The number of aliphatic hydroxyl groups excluding tert-OH is 1. The van der Waals surface area contributed by atoms with Crippen LogP contribution in [0.2, 0.25) is 0 Å². The zero-order valence-corrected chi connectivity index (χ0v) is 8.54. The van der Waals surface area contributed by atoms with Crippen molar-refractivity contribution in [1.29, 1.82) is 0 Å². The first kappa shape index (κ1) is 9.28. The van der Waals surface area contributed by atoms with Gasteiger partial charge in [0, 0.05) is 11.2 Å². The third-order valence-corrected chi connectivity index (χ3v) is 2.35. The van der Waals surface area contributed by atoms with E-state index in [9.17, 15) is 5.11 Å². The van der Waals surface area contributed by atoms with Gasteiger partial charge in [0.15, 0.2) is 0 Å². The van der Waals surface area contributed by atoms with Crippen LogP contribution in [0.3, 0.4) is 0 Å². The van der Waals surface area contributed by atoms with Crippen LogP contribution in [0, 0.1) is 6.92 Å². The molecule has 0 amide bonds. The van der Waals surface area contributed by atoms with Crippen LogP contribution in [-0.4, -0.2) is 16.2 Å². The van der Waals surface area contributed by atoms with E-state index in [4.69, 9.17) is 0 Å². The molecule has 1 aromatic heterocycles. The van der Waals surface area contributed by atoms with Gasteiger partial charge in [-0.1, -0.05) is 6.07 Å². The number of H-pyrrole nitrogens is 1. The van der Waals surface area contributed by atoms with E-state index in [1.54, 1.807) is 0 Å². The minimum Gasteiger partial charge on any atom is -0.393 e. The summed E-state index contributed by atoms with van der Waals surface area (Å²) < 4.78 is 0. The summed E-state index contributed by atoms with van der Waals surface area (Å²) in [7, 11) is 0. The quantitative estimate of drug-likeness (QED) is 0.747. The third-order valence-electron chi connectivity index (χ3n) is 2.35. The Morgan fingerprint density at radius 3 is 2.86 bits per heavy atom. The molecule has 0 saturated carbocycles. The maximum Gasteiger partial charge on any atom is 0.0552 e. The summed E-state index contributed by atoms with van der Waals surface area (Å²) >= 11 is 0. The molecule has 0 bridgehead atoms. The molecule has 1 heterocycles. The summed E-state index contributed by atoms with van der Waals surface area (Å²) in [6.07, 6.45) is 0.452. The van der Waals surface area contributed by atoms with Crippen LogP contribution in [-0.2, 0) is 6.42 Å². The van der Waals surface area contributed by atoms with Crippen molar-refractivity contribution in [3.63, 3.8) is 0 Å². The Morgan fingerprint density at radius 2 is 2.14 bits per heavy atom. The second-order valence-corrected chi connectivity index (χ2v) is 3.93. The predicted octanol–water partition coefficient (Wildman–Crippen LogP) is 2.40. The number of hydrogen-bond donors (Lipinski definition) is 2. The van der Waals surface area contributed by atoms with Crippen molar-refractivity contribution in [2.24, 2.45) is 0 Å². The molecule has 1 atom stereocenters. The number of aromatic amines is 1. The van der Waals surface area contributed by atoms with E-state index >= 15 is 0 Å². The number of benzene rings is 1. The highest BCUT2D eigenvalue weighted by Gasteiger charge is 2.01. The monoisotopic (exact) mass is 189 g/mol. The number of fused-ring (bicyclic) bond motifs is 1. The molecule has 1 unspecified atom stereocenters. The first-order chi connectivity index (χ1) is 6.65. The van der Waals surface area contributed by atoms with E-state index in [1.165, 1.54) is 16.6 Å². The zero-order chi connectivity index (χ0) is 10.1. The maximum absolute atomic E-state index is 9.28. The van der Waals surface area contributed by atoms with Crippen LogP contribution in [0.25, 0.3) is 10.9 Å². The first-order valence-electron chi connectivity index (χ1n) is 4.91. The second kappa shape index (κ2) is 3.46. The van der Waals surface area contributed by atoms with Gasteiger partial charge in [-0.2, -0.15) is 0 Å². The van der Waals surface area contributed by atoms with E-state index < -0.39 is 0 Å². The molecule has 0 radical (unpaired) electrons. The van der Waals surface area contributed by atoms with Crippen LogP contribution in [0.15, 0.2) is 24.3 Å². The molecular formula is C12H15NO. The molecule has 2 aromatic rings. The second-order valence-electron chi connectivity index (χ2n) is 3.93. The maximum atomic E-state index is 9.28. The van der Waals surface area contributed by atoms with E-state index in [0.717, 1.165) is 11.9 Å². The number of aromatic nitrogens is 1. The Balaban J connectivity index is 2.40. The Morgan fingerprint density at radius 1 is 1.36 bits per heavy atom. The SMILES string of the molecule is Cc1cc2cc(CC(C)O)ccc2[nH]1. The van der Waals surface area contributed by atoms with Crippen molar-refractivity contribution < 1.29 is 5.11 Å². The molecule has 2 heteroatoms. The number of hydrogen-bond acceptors (Lipinski definition) is 1. The lowest BCUT2D eigenvalue weighted by Crippen LogP contribution is -2.03. The van der Waals surface area contributed by atoms with Gasteiger partial charge in [-0.15, -0.1) is 0 Å². The van der Waals surface area contributed by atoms with Gasteiger partial charge in [-0.3, -0.25) is 0 Å². The summed E-state index contributed by atoms with van der Waals surface area (Å²) in [5.74, 6) is 0. The average molecular weight is 189 g/mol. The number of rotatable bonds is 2. The van der Waals surface area contributed by atoms with Crippen LogP contribution < -0.4 is 0 Å². The van der Waals surface area contributed by atoms with Crippen molar-refractivity contribution in [3.8, 4) is 0 Å². The molecule has 0 saturated heterocycles. The topological polar surface area (TPSA) is 36.0 Å². The molecule has 14 heavy (non-hydrogen) atoms. The normalized spacial score (nSPS) is 13.4. The highest BCUT2D eigenvalue weighted by molar-refractivity contribution is 5.81. The van der Waals surface area contributed by atoms with Crippen LogP contribution in [0.5, 0.6) is 0 Å². The smallest absolute Gasteiger partial charge is 0.0552 e. The van der Waals surface area contributed by atoms with Crippen LogP contribution >= 0.6 is 0 Å². The number of nitrogens with one attached hydrogen (secondary N) is 1. The van der Waals surface area contributed by atoms with Crippen molar-refractivity contribution in [1.82, 2.24) is 4.98 Å². The Labute approximate surface area is 83.6 Å². The Hall–Kier alpha value is -1.28. The molecule has 2 rings (SSSR count). The van der Waals surface area contributed by atoms with E-state index in [-0.39, 0.29) is 6.10 Å². The lowest BCUT2D eigenvalue weighted by Gasteiger charge is -2.03. The number of aryl methyl sites for hydroxylation is 1. The van der Waals surface area contributed by atoms with Gasteiger partial charge < -0.3 is 10.1 Å². The summed E-state index contributed by atoms with van der Waals surface area (Å²) in [5, 5.41) is 10.5. The van der Waals surface area contributed by atoms with Gasteiger partial charge in [-0.25, -0.2) is 0 Å². The molecule has 0 fully saturated rings. The van der Waals surface area contributed by atoms with Crippen molar-refractivity contribution >= 4 is 10.9 Å². The molecule has 0 aliphatic heterocycles. The summed E-state index contributed by atoms with van der Waals surface area (Å²) in [6.45, 7) is 3.86. The largest absolute Gasteiger partial charge is 0.393 e. The van der Waals surface area contributed by atoms with E-state index in [1.807, 2.05) is 13.8 Å². The standard InChI is InChI=1S/C12H15NO/c1-8-5-11-7-10(6-9(2)14)3-4-12(11)13-8/h3-5,7,9,13-14H,6H2,1-2H3. The van der Waals surface area contributed by atoms with E-state index in [2.05, 4.69) is 29.2 Å². The fourth-order valence-corrected chi connectivity index (χ4v) is 1.80. The summed E-state index contributed by atoms with van der Waals surface area (Å²) in [5.41, 5.74) is 3.53. The highest BCUT2D eigenvalue weighted by Crippen LogP contribution is 2.17. The van der Waals surface area contributed by atoms with Gasteiger partial charge in [-0.05, 0) is 49.4 Å². The fraction of sp³-hybridized carbons (Fsp3) is 0.333. The molecule has 0 aliphatic carbocycles. The van der Waals surface area contributed by atoms with Gasteiger partial charge in [0.2, 0.25) is 0 Å². The third kappa shape index (κ3) is 1.80. The highest BCUT2D eigenvalue weighted by atomic mass is 16.3. The van der Waals surface area contributed by atoms with Crippen molar-refractivity contribution in [2.45, 2.75) is 26.4 Å². The van der Waals surface area contributed by atoms with Gasteiger partial charge in [0.05, 0.1) is 6.10 Å². The molecule has 74 valence electrons. The lowest BCUT2D eigenvalue weighted by atomic mass is 10.1. The molecule has 0 spiro atoms. The lowest BCUT2D eigenvalue weighted by molar-refractivity contribution is 0.195.